The number of para-hydroxylation sites is 1. The topological polar surface area (TPSA) is 45.2 Å². The minimum Gasteiger partial charge on any atom is -0.355 e. The van der Waals surface area contributed by atoms with Gasteiger partial charge >= 0.3 is 0 Å². The van der Waals surface area contributed by atoms with Gasteiger partial charge in [-0.05, 0) is 49.9 Å². The Morgan fingerprint density at radius 1 is 1.04 bits per heavy atom. The summed E-state index contributed by atoms with van der Waals surface area (Å²) in [5.74, 6) is 0.0436. The number of aryl methyl sites for hydroxylation is 2. The number of hydrogen-bond donors (Lipinski definition) is 1. The maximum Gasteiger partial charge on any atom is 0.272 e. The van der Waals surface area contributed by atoms with Crippen LogP contribution in [0.25, 0.3) is 0 Å². The summed E-state index contributed by atoms with van der Waals surface area (Å²) in [4.78, 5) is 19.0. The van der Waals surface area contributed by atoms with Gasteiger partial charge in [-0.3, -0.25) is 9.78 Å². The Hall–Kier alpha value is -2.36. The Bertz CT molecular complexity index is 698. The Morgan fingerprint density at radius 3 is 2.38 bits per heavy atom. The predicted octanol–water partition coefficient (Wildman–Crippen LogP) is 4.46. The van der Waals surface area contributed by atoms with Crippen LogP contribution < -0.4 is 5.32 Å². The van der Waals surface area contributed by atoms with Crippen molar-refractivity contribution in [1.29, 1.82) is 0 Å². The van der Waals surface area contributed by atoms with Gasteiger partial charge in [-0.25, -0.2) is 0 Å². The molecule has 1 aromatic carbocycles. The van der Waals surface area contributed by atoms with Crippen molar-refractivity contribution in [2.45, 2.75) is 39.5 Å². The monoisotopic (exact) mass is 323 g/mol. The summed E-state index contributed by atoms with van der Waals surface area (Å²) in [6.07, 6.45) is 6.32. The van der Waals surface area contributed by atoms with Crippen molar-refractivity contribution in [3.05, 3.63) is 53.3 Å². The van der Waals surface area contributed by atoms with Crippen molar-refractivity contribution in [3.8, 4) is 0 Å². The summed E-state index contributed by atoms with van der Waals surface area (Å²) in [6.45, 7) is 5.85. The van der Waals surface area contributed by atoms with Gasteiger partial charge in [0.05, 0.1) is 0 Å². The van der Waals surface area contributed by atoms with Gasteiger partial charge in [0.25, 0.3) is 5.91 Å². The molecule has 0 bridgehead atoms. The maximum atomic E-state index is 12.7. The first-order chi connectivity index (χ1) is 11.6. The van der Waals surface area contributed by atoms with Crippen LogP contribution in [0.4, 0.5) is 11.4 Å². The molecule has 1 aliphatic heterocycles. The third-order valence-electron chi connectivity index (χ3n) is 4.62. The second-order valence-corrected chi connectivity index (χ2v) is 6.53. The number of hydrogen-bond acceptors (Lipinski definition) is 3. The van der Waals surface area contributed by atoms with E-state index in [-0.39, 0.29) is 5.91 Å². The Balaban J connectivity index is 1.80. The first-order valence-electron chi connectivity index (χ1n) is 8.74. The molecule has 1 saturated heterocycles. The fraction of sp³-hybridized carbons (Fsp3) is 0.400. The summed E-state index contributed by atoms with van der Waals surface area (Å²) in [5.41, 5.74) is 4.89. The molecule has 0 aliphatic carbocycles. The van der Waals surface area contributed by atoms with Gasteiger partial charge in [-0.2, -0.15) is 0 Å². The molecule has 1 amide bonds. The zero-order valence-electron chi connectivity index (χ0n) is 14.5. The smallest absolute Gasteiger partial charge is 0.272 e. The predicted molar refractivity (Wildman–Crippen MR) is 97.8 cm³/mol. The molecule has 0 spiro atoms. The molecule has 4 heteroatoms. The minimum atomic E-state index is 0.0436. The van der Waals surface area contributed by atoms with Crippen LogP contribution in [0.15, 0.2) is 36.5 Å². The fourth-order valence-electron chi connectivity index (χ4n) is 3.22. The Morgan fingerprint density at radius 2 is 1.71 bits per heavy atom. The van der Waals surface area contributed by atoms with Crippen molar-refractivity contribution in [2.24, 2.45) is 0 Å². The highest BCUT2D eigenvalue weighted by molar-refractivity contribution is 5.93. The van der Waals surface area contributed by atoms with Gasteiger partial charge in [-0.1, -0.05) is 31.0 Å². The standard InChI is InChI=1S/C20H25N3O/c1-15-8-7-9-16(2)19(15)22-17-10-11-21-18(14-17)20(24)23-12-5-3-4-6-13-23/h7-11,14H,3-6,12-13H2,1-2H3,(H,21,22). The molecule has 24 heavy (non-hydrogen) atoms. The van der Waals surface area contributed by atoms with E-state index in [0.29, 0.717) is 5.69 Å². The number of nitrogens with one attached hydrogen (secondary N) is 1. The molecule has 0 saturated carbocycles. The molecule has 0 radical (unpaired) electrons. The van der Waals surface area contributed by atoms with Crippen LogP contribution in [0.1, 0.15) is 47.3 Å². The number of aromatic nitrogens is 1. The number of anilines is 2. The van der Waals surface area contributed by atoms with E-state index in [4.69, 9.17) is 0 Å². The molecule has 1 N–H and O–H groups in total. The molecule has 1 aromatic heterocycles. The van der Waals surface area contributed by atoms with Gasteiger partial charge in [-0.15, -0.1) is 0 Å². The van der Waals surface area contributed by atoms with Crippen LogP contribution in [0.3, 0.4) is 0 Å². The van der Waals surface area contributed by atoms with Gasteiger partial charge in [0.15, 0.2) is 0 Å². The number of benzene rings is 1. The van der Waals surface area contributed by atoms with Gasteiger partial charge < -0.3 is 10.2 Å². The van der Waals surface area contributed by atoms with E-state index in [2.05, 4.69) is 42.3 Å². The van der Waals surface area contributed by atoms with Gasteiger partial charge in [0, 0.05) is 30.7 Å². The van der Waals surface area contributed by atoms with Crippen molar-refractivity contribution in [3.63, 3.8) is 0 Å². The lowest BCUT2D eigenvalue weighted by molar-refractivity contribution is 0.0756. The summed E-state index contributed by atoms with van der Waals surface area (Å²) in [5, 5.41) is 3.44. The van der Waals surface area contributed by atoms with E-state index in [1.165, 1.54) is 24.0 Å². The summed E-state index contributed by atoms with van der Waals surface area (Å²) >= 11 is 0. The van der Waals surface area contributed by atoms with Crippen LogP contribution in [-0.2, 0) is 0 Å². The molecule has 126 valence electrons. The second-order valence-electron chi connectivity index (χ2n) is 6.53. The van der Waals surface area contributed by atoms with E-state index in [9.17, 15) is 4.79 Å². The van der Waals surface area contributed by atoms with E-state index in [1.54, 1.807) is 6.20 Å². The Kier molecular flexibility index (Phi) is 5.14. The number of rotatable bonds is 3. The summed E-state index contributed by atoms with van der Waals surface area (Å²) in [7, 11) is 0. The molecule has 0 atom stereocenters. The van der Waals surface area contributed by atoms with E-state index < -0.39 is 0 Å². The quantitative estimate of drug-likeness (QED) is 0.907. The van der Waals surface area contributed by atoms with Crippen molar-refractivity contribution in [1.82, 2.24) is 9.88 Å². The van der Waals surface area contributed by atoms with Crippen molar-refractivity contribution < 1.29 is 4.79 Å². The van der Waals surface area contributed by atoms with E-state index in [0.717, 1.165) is 37.3 Å². The fourth-order valence-corrected chi connectivity index (χ4v) is 3.22. The number of amides is 1. The first kappa shape index (κ1) is 16.5. The Labute approximate surface area is 143 Å². The molecule has 4 nitrogen and oxygen atoms in total. The van der Waals surface area contributed by atoms with Crippen LogP contribution >= 0.6 is 0 Å². The zero-order valence-corrected chi connectivity index (χ0v) is 14.5. The molecular formula is C20H25N3O. The number of nitrogens with zero attached hydrogens (tertiary/aromatic N) is 2. The van der Waals surface area contributed by atoms with Crippen LogP contribution in [-0.4, -0.2) is 28.9 Å². The highest BCUT2D eigenvalue weighted by atomic mass is 16.2. The average Bonchev–Trinajstić information content (AvgIpc) is 2.87. The zero-order chi connectivity index (χ0) is 16.9. The minimum absolute atomic E-state index is 0.0436. The third-order valence-corrected chi connectivity index (χ3v) is 4.62. The maximum absolute atomic E-state index is 12.7. The SMILES string of the molecule is Cc1cccc(C)c1Nc1ccnc(C(=O)N2CCCCCC2)c1. The summed E-state index contributed by atoms with van der Waals surface area (Å²) in [6, 6.07) is 9.99. The van der Waals surface area contributed by atoms with Crippen LogP contribution in [0, 0.1) is 13.8 Å². The highest BCUT2D eigenvalue weighted by Crippen LogP contribution is 2.24. The van der Waals surface area contributed by atoms with E-state index in [1.807, 2.05) is 17.0 Å². The lowest BCUT2D eigenvalue weighted by atomic mass is 10.1. The largest absolute Gasteiger partial charge is 0.355 e. The lowest BCUT2D eigenvalue weighted by Gasteiger charge is -2.20. The molecule has 0 unspecified atom stereocenters. The molecule has 1 fully saturated rings. The molecular weight excluding hydrogens is 298 g/mol. The molecule has 2 heterocycles. The first-order valence-corrected chi connectivity index (χ1v) is 8.74. The number of pyridine rings is 1. The molecule has 3 rings (SSSR count). The molecule has 2 aromatic rings. The van der Waals surface area contributed by atoms with Crippen molar-refractivity contribution in [2.75, 3.05) is 18.4 Å². The number of likely N-dealkylation sites (tertiary alicyclic amines) is 1. The normalized spacial score (nSPS) is 15.0. The van der Waals surface area contributed by atoms with Crippen LogP contribution in [0.5, 0.6) is 0 Å². The number of carbonyl (C=O) groups excluding carboxylic acids is 1. The summed E-state index contributed by atoms with van der Waals surface area (Å²) < 4.78 is 0. The van der Waals surface area contributed by atoms with Gasteiger partial charge in [0.1, 0.15) is 5.69 Å². The number of carbonyl (C=O) groups is 1. The van der Waals surface area contributed by atoms with Gasteiger partial charge in [0.2, 0.25) is 0 Å². The molecule has 1 aliphatic rings. The average molecular weight is 323 g/mol. The van der Waals surface area contributed by atoms with E-state index >= 15 is 0 Å². The third kappa shape index (κ3) is 3.75. The van der Waals surface area contributed by atoms with Crippen LogP contribution in [0.2, 0.25) is 0 Å². The highest BCUT2D eigenvalue weighted by Gasteiger charge is 2.18. The lowest BCUT2D eigenvalue weighted by Crippen LogP contribution is -2.32. The van der Waals surface area contributed by atoms with Crippen molar-refractivity contribution >= 4 is 17.3 Å². The second kappa shape index (κ2) is 7.47.